The predicted molar refractivity (Wildman–Crippen MR) is 91.1 cm³/mol. The van der Waals surface area contributed by atoms with Gasteiger partial charge < -0.3 is 5.11 Å². The second-order valence-corrected chi connectivity index (χ2v) is 6.32. The van der Waals surface area contributed by atoms with E-state index in [-0.39, 0.29) is 11.3 Å². The summed E-state index contributed by atoms with van der Waals surface area (Å²) < 4.78 is 0.940. The number of aliphatic hydroxyl groups excluding tert-OH is 1. The number of hydrogen-bond donors (Lipinski definition) is 1. The summed E-state index contributed by atoms with van der Waals surface area (Å²) in [5.74, 6) is -0.228. The van der Waals surface area contributed by atoms with Crippen molar-refractivity contribution in [3.63, 3.8) is 0 Å². The third-order valence-corrected chi connectivity index (χ3v) is 4.66. The smallest absolute Gasteiger partial charge is 0.145 e. The van der Waals surface area contributed by atoms with Gasteiger partial charge in [0.05, 0.1) is 15.2 Å². The molecule has 0 fully saturated rings. The first kappa shape index (κ1) is 14.9. The Labute approximate surface area is 140 Å². The largest absolute Gasteiger partial charge is 0.506 e. The number of nitrogens with zero attached hydrogens (tertiary/aromatic N) is 2. The van der Waals surface area contributed by atoms with Crippen LogP contribution in [0.3, 0.4) is 0 Å². The Kier molecular flexibility index (Phi) is 4.04. The third-order valence-electron chi connectivity index (χ3n) is 3.04. The van der Waals surface area contributed by atoms with Gasteiger partial charge >= 0.3 is 0 Å². The van der Waals surface area contributed by atoms with Gasteiger partial charge in [-0.1, -0.05) is 35.3 Å². The molecule has 0 aliphatic carbocycles. The number of halogens is 2. The summed E-state index contributed by atoms with van der Waals surface area (Å²) in [7, 11) is 0. The quantitative estimate of drug-likeness (QED) is 0.488. The normalized spacial score (nSPS) is 12.0. The fraction of sp³-hybridized carbons (Fsp3) is 0. The number of benzene rings is 2. The van der Waals surface area contributed by atoms with Crippen LogP contribution in [-0.4, -0.2) is 10.1 Å². The number of rotatable bonds is 2. The maximum Gasteiger partial charge on any atom is 0.145 e. The van der Waals surface area contributed by atoms with E-state index in [0.29, 0.717) is 20.6 Å². The molecule has 0 aliphatic rings. The fourth-order valence-electron chi connectivity index (χ4n) is 1.99. The molecule has 1 heterocycles. The number of hydrogen-bond acceptors (Lipinski definition) is 4. The van der Waals surface area contributed by atoms with Gasteiger partial charge in [0.1, 0.15) is 22.4 Å². The fourth-order valence-corrected chi connectivity index (χ4v) is 3.34. The molecular formula is C16H8Cl2N2OS. The zero-order chi connectivity index (χ0) is 15.7. The van der Waals surface area contributed by atoms with E-state index in [0.717, 1.165) is 10.2 Å². The van der Waals surface area contributed by atoms with Crippen molar-refractivity contribution in [2.75, 3.05) is 0 Å². The molecule has 22 heavy (non-hydrogen) atoms. The van der Waals surface area contributed by atoms with Gasteiger partial charge in [-0.25, -0.2) is 4.98 Å². The van der Waals surface area contributed by atoms with Crippen LogP contribution in [0.4, 0.5) is 0 Å². The van der Waals surface area contributed by atoms with Gasteiger partial charge in [-0.3, -0.25) is 0 Å². The molecule has 3 nitrogen and oxygen atoms in total. The van der Waals surface area contributed by atoms with Crippen molar-refractivity contribution in [2.24, 2.45) is 0 Å². The second-order valence-electron chi connectivity index (χ2n) is 4.45. The molecule has 6 heteroatoms. The highest BCUT2D eigenvalue weighted by Crippen LogP contribution is 2.33. The van der Waals surface area contributed by atoms with Crippen molar-refractivity contribution >= 4 is 56.1 Å². The summed E-state index contributed by atoms with van der Waals surface area (Å²) in [6.45, 7) is 0. The van der Waals surface area contributed by atoms with E-state index in [9.17, 15) is 10.4 Å². The van der Waals surface area contributed by atoms with E-state index in [1.807, 2.05) is 30.3 Å². The summed E-state index contributed by atoms with van der Waals surface area (Å²) in [6.07, 6.45) is 0. The number of aromatic nitrogens is 1. The van der Waals surface area contributed by atoms with Crippen LogP contribution in [0.15, 0.2) is 42.5 Å². The Morgan fingerprint density at radius 3 is 2.68 bits per heavy atom. The van der Waals surface area contributed by atoms with E-state index in [2.05, 4.69) is 4.98 Å². The molecule has 0 bridgehead atoms. The molecule has 0 amide bonds. The monoisotopic (exact) mass is 346 g/mol. The van der Waals surface area contributed by atoms with Gasteiger partial charge in [-0.15, -0.1) is 11.3 Å². The third kappa shape index (κ3) is 2.67. The van der Waals surface area contributed by atoms with Crippen molar-refractivity contribution in [1.82, 2.24) is 4.98 Å². The maximum atomic E-state index is 10.4. The van der Waals surface area contributed by atoms with Crippen LogP contribution in [-0.2, 0) is 0 Å². The summed E-state index contributed by atoms with van der Waals surface area (Å²) in [5.41, 5.74) is 1.16. The summed E-state index contributed by atoms with van der Waals surface area (Å²) in [4.78, 5) is 4.38. The number of fused-ring (bicyclic) bond motifs is 1. The highest BCUT2D eigenvalue weighted by Gasteiger charge is 2.17. The second kappa shape index (κ2) is 5.98. The summed E-state index contributed by atoms with van der Waals surface area (Å²) in [6, 6.07) is 14.2. The summed E-state index contributed by atoms with van der Waals surface area (Å²) in [5, 5.41) is 21.0. The molecule has 0 radical (unpaired) electrons. The highest BCUT2D eigenvalue weighted by atomic mass is 35.5. The molecule has 1 N–H and O–H groups in total. The average Bonchev–Trinajstić information content (AvgIpc) is 2.93. The number of para-hydroxylation sites is 1. The highest BCUT2D eigenvalue weighted by molar-refractivity contribution is 7.19. The molecule has 0 unspecified atom stereocenters. The first-order chi connectivity index (χ1) is 10.6. The molecule has 0 saturated heterocycles. The lowest BCUT2D eigenvalue weighted by Crippen LogP contribution is -1.91. The van der Waals surface area contributed by atoms with Gasteiger partial charge in [0.2, 0.25) is 0 Å². The van der Waals surface area contributed by atoms with Crippen LogP contribution in [0.25, 0.3) is 21.5 Å². The van der Waals surface area contributed by atoms with E-state index in [4.69, 9.17) is 23.2 Å². The van der Waals surface area contributed by atoms with Gasteiger partial charge in [-0.05, 0) is 30.3 Å². The standard InChI is InChI=1S/C16H8Cl2N2OS/c17-9-5-6-12(18)10(7-9)15(21)11(8-19)16-20-13-3-1-2-4-14(13)22-16/h1-7,21H/b15-11+. The lowest BCUT2D eigenvalue weighted by Gasteiger charge is -2.05. The van der Waals surface area contributed by atoms with Gasteiger partial charge in [0.15, 0.2) is 0 Å². The van der Waals surface area contributed by atoms with Crippen molar-refractivity contribution in [2.45, 2.75) is 0 Å². The van der Waals surface area contributed by atoms with Crippen molar-refractivity contribution < 1.29 is 5.11 Å². The molecule has 0 spiro atoms. The van der Waals surface area contributed by atoms with Gasteiger partial charge in [-0.2, -0.15) is 5.26 Å². The van der Waals surface area contributed by atoms with Crippen molar-refractivity contribution in [3.8, 4) is 6.07 Å². The lowest BCUT2D eigenvalue weighted by atomic mass is 10.1. The van der Waals surface area contributed by atoms with Gasteiger partial charge in [0.25, 0.3) is 0 Å². The minimum Gasteiger partial charge on any atom is -0.506 e. The van der Waals surface area contributed by atoms with E-state index in [1.165, 1.54) is 17.4 Å². The molecule has 3 rings (SSSR count). The summed E-state index contributed by atoms with van der Waals surface area (Å²) >= 11 is 13.3. The maximum absolute atomic E-state index is 10.4. The van der Waals surface area contributed by atoms with Crippen LogP contribution < -0.4 is 0 Å². The Bertz CT molecular complexity index is 908. The van der Waals surface area contributed by atoms with E-state index in [1.54, 1.807) is 12.1 Å². The molecule has 1 aromatic heterocycles. The Balaban J connectivity index is 2.20. The van der Waals surface area contributed by atoms with Crippen molar-refractivity contribution in [3.05, 3.63) is 63.1 Å². The van der Waals surface area contributed by atoms with Crippen LogP contribution in [0.1, 0.15) is 10.6 Å². The number of allylic oxidation sites excluding steroid dienone is 1. The minimum absolute atomic E-state index is 0.0744. The zero-order valence-corrected chi connectivity index (χ0v) is 13.4. The molecule has 0 aliphatic heterocycles. The van der Waals surface area contributed by atoms with Gasteiger partial charge in [0, 0.05) is 10.6 Å². The van der Waals surface area contributed by atoms with E-state index < -0.39 is 0 Å². The van der Waals surface area contributed by atoms with E-state index >= 15 is 0 Å². The van der Waals surface area contributed by atoms with Crippen molar-refractivity contribution in [1.29, 1.82) is 5.26 Å². The predicted octanol–water partition coefficient (Wildman–Crippen LogP) is 5.55. The minimum atomic E-state index is -0.228. The molecule has 108 valence electrons. The number of nitriles is 1. The number of thiazole rings is 1. The molecular weight excluding hydrogens is 339 g/mol. The van der Waals surface area contributed by atoms with Crippen LogP contribution in [0.5, 0.6) is 0 Å². The topological polar surface area (TPSA) is 56.9 Å². The van der Waals surface area contributed by atoms with Crippen LogP contribution in [0.2, 0.25) is 10.0 Å². The average molecular weight is 347 g/mol. The SMILES string of the molecule is N#C/C(=C(\O)c1cc(Cl)ccc1Cl)c1nc2ccccc2s1. The first-order valence-corrected chi connectivity index (χ1v) is 7.82. The Morgan fingerprint density at radius 1 is 1.18 bits per heavy atom. The molecule has 2 aromatic carbocycles. The number of aliphatic hydroxyl groups is 1. The van der Waals surface area contributed by atoms with Crippen LogP contribution >= 0.6 is 34.5 Å². The Hall–Kier alpha value is -2.06. The molecule has 3 aromatic rings. The lowest BCUT2D eigenvalue weighted by molar-refractivity contribution is 0.514. The Morgan fingerprint density at radius 2 is 1.95 bits per heavy atom. The first-order valence-electron chi connectivity index (χ1n) is 6.25. The molecule has 0 atom stereocenters. The van der Waals surface area contributed by atoms with Crippen LogP contribution in [0, 0.1) is 11.3 Å². The zero-order valence-electron chi connectivity index (χ0n) is 11.0. The molecule has 0 saturated carbocycles.